The summed E-state index contributed by atoms with van der Waals surface area (Å²) in [5, 5.41) is 18.8. The van der Waals surface area contributed by atoms with Crippen LogP contribution in [0.25, 0.3) is 11.2 Å². The highest BCUT2D eigenvalue weighted by atomic mass is 31.2. The van der Waals surface area contributed by atoms with Gasteiger partial charge in [0.2, 0.25) is 0 Å². The molecule has 7 N–H and O–H groups in total. The number of ether oxygens (including phenoxy) is 1. The molecule has 0 unspecified atom stereocenters. The first-order chi connectivity index (χ1) is 10.7. The Bertz CT molecular complexity index is 710. The molecule has 0 aliphatic carbocycles. The van der Waals surface area contributed by atoms with Crippen LogP contribution in [-0.2, 0) is 9.30 Å². The lowest BCUT2D eigenvalue weighted by Gasteiger charge is -2.13. The average Bonchev–Trinajstić information content (AvgIpc) is 3.01. The molecule has 2 aromatic rings. The van der Waals surface area contributed by atoms with Gasteiger partial charge < -0.3 is 35.4 Å². The molecule has 1 aliphatic heterocycles. The van der Waals surface area contributed by atoms with Crippen molar-refractivity contribution in [3.63, 3.8) is 0 Å². The zero-order chi connectivity index (χ0) is 17.2. The fourth-order valence-electron chi connectivity index (χ4n) is 2.13. The van der Waals surface area contributed by atoms with Crippen LogP contribution in [0.4, 0.5) is 5.82 Å². The van der Waals surface area contributed by atoms with Gasteiger partial charge in [-0.15, -0.1) is 0 Å². The molecule has 2 aromatic heterocycles. The zero-order valence-electron chi connectivity index (χ0n) is 11.7. The molecule has 13 heteroatoms. The van der Waals surface area contributed by atoms with Gasteiger partial charge in [-0.3, -0.25) is 4.57 Å². The van der Waals surface area contributed by atoms with E-state index in [2.05, 4.69) is 15.0 Å². The van der Waals surface area contributed by atoms with Crippen molar-refractivity contribution in [2.45, 2.75) is 24.9 Å². The first-order valence-corrected chi connectivity index (χ1v) is 7.93. The third kappa shape index (κ3) is 4.42. The van der Waals surface area contributed by atoms with Crippen LogP contribution in [0.5, 0.6) is 0 Å². The van der Waals surface area contributed by atoms with Crippen LogP contribution >= 0.6 is 7.82 Å². The Morgan fingerprint density at radius 1 is 1.35 bits per heavy atom. The molecular weight excluding hydrogens is 333 g/mol. The van der Waals surface area contributed by atoms with Gasteiger partial charge >= 0.3 is 7.82 Å². The van der Waals surface area contributed by atoms with Crippen LogP contribution in [0, 0.1) is 0 Å². The Kier molecular flexibility index (Phi) is 5.26. The Hall–Kier alpha value is -1.66. The number of fused-ring (bicyclic) bond motifs is 1. The van der Waals surface area contributed by atoms with E-state index in [-0.39, 0.29) is 6.61 Å². The fraction of sp³-hybridized carbons (Fsp3) is 0.500. The van der Waals surface area contributed by atoms with Crippen LogP contribution in [0.15, 0.2) is 12.7 Å². The minimum atomic E-state index is -4.64. The van der Waals surface area contributed by atoms with Gasteiger partial charge in [0.05, 0.1) is 19.0 Å². The second-order valence-electron chi connectivity index (χ2n) is 4.71. The number of nitrogens with two attached hydrogens (primary N) is 1. The molecule has 3 rings (SSSR count). The van der Waals surface area contributed by atoms with Crippen molar-refractivity contribution in [3.8, 4) is 0 Å². The zero-order valence-corrected chi connectivity index (χ0v) is 12.6. The van der Waals surface area contributed by atoms with E-state index in [1.807, 2.05) is 0 Å². The van der Waals surface area contributed by atoms with Crippen molar-refractivity contribution in [2.24, 2.45) is 0 Å². The minimum Gasteiger partial charge on any atom is -0.394 e. The van der Waals surface area contributed by atoms with Gasteiger partial charge in [0.1, 0.15) is 24.2 Å². The summed E-state index contributed by atoms with van der Waals surface area (Å²) in [6, 6.07) is 0. The smallest absolute Gasteiger partial charge is 0.394 e. The minimum absolute atomic E-state index is 0.221. The lowest BCUT2D eigenvalue weighted by molar-refractivity contribution is -0.0432. The number of phosphoric acid groups is 1. The van der Waals surface area contributed by atoms with Crippen LogP contribution in [0.3, 0.4) is 0 Å². The summed E-state index contributed by atoms with van der Waals surface area (Å²) in [5.74, 6) is 0.302. The number of hydrogen-bond acceptors (Lipinski definition) is 8. The standard InChI is InChI=1S/C10H13N5O3.H3O4P/c11-9-8-10(13-3-12-9)15(4-14-8)7-1-5(17)6(2-16)18-7;1-5(2,3)4/h3-7,16-17H,1-2H2,(H2,11,12,13);(H3,1,2,3,4)/t5-,6+,7+;/m0./s1. The second kappa shape index (κ2) is 6.84. The van der Waals surface area contributed by atoms with Gasteiger partial charge in [0.15, 0.2) is 11.5 Å². The van der Waals surface area contributed by atoms with Crippen LogP contribution in [0.2, 0.25) is 0 Å². The topological polar surface area (TPSA) is 197 Å². The first-order valence-electron chi connectivity index (χ1n) is 6.36. The Morgan fingerprint density at radius 3 is 2.57 bits per heavy atom. The summed E-state index contributed by atoms with van der Waals surface area (Å²) in [4.78, 5) is 33.7. The van der Waals surface area contributed by atoms with E-state index < -0.39 is 26.3 Å². The maximum atomic E-state index is 9.71. The van der Waals surface area contributed by atoms with Gasteiger partial charge in [-0.25, -0.2) is 19.5 Å². The molecule has 3 atom stereocenters. The number of aliphatic hydroxyl groups excluding tert-OH is 2. The quantitative estimate of drug-likeness (QED) is 0.332. The molecule has 1 fully saturated rings. The molecule has 23 heavy (non-hydrogen) atoms. The summed E-state index contributed by atoms with van der Waals surface area (Å²) < 4.78 is 16.1. The summed E-state index contributed by atoms with van der Waals surface area (Å²) in [6.45, 7) is -0.221. The molecule has 0 radical (unpaired) electrons. The highest BCUT2D eigenvalue weighted by molar-refractivity contribution is 7.45. The van der Waals surface area contributed by atoms with Crippen molar-refractivity contribution >= 4 is 24.8 Å². The van der Waals surface area contributed by atoms with Crippen molar-refractivity contribution < 1.29 is 34.2 Å². The maximum Gasteiger partial charge on any atom is 0.466 e. The average molecular weight is 349 g/mol. The molecule has 1 aliphatic rings. The Balaban J connectivity index is 0.000000338. The van der Waals surface area contributed by atoms with E-state index in [9.17, 15) is 5.11 Å². The van der Waals surface area contributed by atoms with Crippen LogP contribution < -0.4 is 5.73 Å². The van der Waals surface area contributed by atoms with Gasteiger partial charge in [0, 0.05) is 6.42 Å². The largest absolute Gasteiger partial charge is 0.466 e. The number of aromatic nitrogens is 4. The lowest BCUT2D eigenvalue weighted by atomic mass is 10.2. The maximum absolute atomic E-state index is 9.71. The first kappa shape index (κ1) is 17.7. The van der Waals surface area contributed by atoms with E-state index in [4.69, 9.17) is 34.8 Å². The third-order valence-electron chi connectivity index (χ3n) is 3.08. The molecule has 128 valence electrons. The molecule has 1 saturated heterocycles. The summed E-state index contributed by atoms with van der Waals surface area (Å²) in [7, 11) is -4.64. The van der Waals surface area contributed by atoms with E-state index in [0.717, 1.165) is 0 Å². The molecule has 3 heterocycles. The van der Waals surface area contributed by atoms with Crippen molar-refractivity contribution in [2.75, 3.05) is 12.3 Å². The molecule has 12 nitrogen and oxygen atoms in total. The van der Waals surface area contributed by atoms with E-state index in [1.165, 1.54) is 6.33 Å². The molecule has 0 bridgehead atoms. The van der Waals surface area contributed by atoms with Gasteiger partial charge in [-0.2, -0.15) is 0 Å². The van der Waals surface area contributed by atoms with Crippen LogP contribution in [0.1, 0.15) is 12.6 Å². The molecule has 0 aromatic carbocycles. The summed E-state index contributed by atoms with van der Waals surface area (Å²) in [5.41, 5.74) is 6.75. The molecule has 0 amide bonds. The number of nitrogen functional groups attached to an aromatic ring is 1. The summed E-state index contributed by atoms with van der Waals surface area (Å²) in [6.07, 6.45) is 1.60. The second-order valence-corrected chi connectivity index (χ2v) is 5.74. The lowest BCUT2D eigenvalue weighted by Crippen LogP contribution is -2.24. The number of rotatable bonds is 2. The number of anilines is 1. The molecular formula is C10H16N5O7P. The van der Waals surface area contributed by atoms with Crippen molar-refractivity contribution in [3.05, 3.63) is 12.7 Å². The highest BCUT2D eigenvalue weighted by Gasteiger charge is 2.35. The van der Waals surface area contributed by atoms with E-state index >= 15 is 0 Å². The normalized spacial score (nSPS) is 24.5. The number of nitrogens with zero attached hydrogens (tertiary/aromatic N) is 4. The molecule has 0 spiro atoms. The van der Waals surface area contributed by atoms with Gasteiger partial charge in [-0.1, -0.05) is 0 Å². The predicted molar refractivity (Wildman–Crippen MR) is 75.6 cm³/mol. The van der Waals surface area contributed by atoms with Gasteiger partial charge in [-0.05, 0) is 0 Å². The fourth-order valence-corrected chi connectivity index (χ4v) is 2.13. The SMILES string of the molecule is Nc1ncnc2c1ncn2[C@H]1C[C@H](O)[C@@H](CO)O1.O=P(O)(O)O. The summed E-state index contributed by atoms with van der Waals surface area (Å²) >= 11 is 0. The van der Waals surface area contributed by atoms with E-state index in [0.29, 0.717) is 23.4 Å². The van der Waals surface area contributed by atoms with E-state index in [1.54, 1.807) is 10.9 Å². The number of aliphatic hydroxyl groups is 2. The van der Waals surface area contributed by atoms with Crippen molar-refractivity contribution in [1.82, 2.24) is 19.5 Å². The molecule has 0 saturated carbocycles. The predicted octanol–water partition coefficient (Wildman–Crippen LogP) is -1.88. The highest BCUT2D eigenvalue weighted by Crippen LogP contribution is 2.31. The Labute approximate surface area is 129 Å². The number of imidazole rings is 1. The Morgan fingerprint density at radius 2 is 2.00 bits per heavy atom. The van der Waals surface area contributed by atoms with Gasteiger partial charge in [0.25, 0.3) is 0 Å². The third-order valence-corrected chi connectivity index (χ3v) is 3.08. The monoisotopic (exact) mass is 349 g/mol. The van der Waals surface area contributed by atoms with Crippen LogP contribution in [-0.4, -0.2) is 63.2 Å². The van der Waals surface area contributed by atoms with Crippen molar-refractivity contribution in [1.29, 1.82) is 0 Å². The number of hydrogen-bond donors (Lipinski definition) is 6.